The Kier molecular flexibility index (Phi) is 5.32. The average Bonchev–Trinajstić information content (AvgIpc) is 3.48. The van der Waals surface area contributed by atoms with Gasteiger partial charge in [-0.15, -0.1) is 5.10 Å². The minimum atomic E-state index is -1.55. The van der Waals surface area contributed by atoms with E-state index in [1.165, 1.54) is 6.07 Å². The largest absolute Gasteiger partial charge is 0.487 e. The smallest absolute Gasteiger partial charge is 0.206 e. The fourth-order valence-corrected chi connectivity index (χ4v) is 4.27. The quantitative estimate of drug-likeness (QED) is 0.349. The van der Waals surface area contributed by atoms with Gasteiger partial charge in [-0.25, -0.2) is 9.36 Å². The zero-order valence-corrected chi connectivity index (χ0v) is 20.4. The summed E-state index contributed by atoms with van der Waals surface area (Å²) in [5.41, 5.74) is 2.54. The highest BCUT2D eigenvalue weighted by atomic mass is 28.3. The molecule has 0 N–H and O–H groups in total. The highest BCUT2D eigenvalue weighted by Gasteiger charge is 2.21. The fraction of sp³-hybridized carbons (Fsp3) is 0.217. The van der Waals surface area contributed by atoms with Crippen LogP contribution in [0.5, 0.6) is 5.75 Å². The molecule has 0 atom stereocenters. The molecule has 0 spiro atoms. The Bertz CT molecular complexity index is 1550. The second-order valence-electron chi connectivity index (χ2n) is 9.08. The van der Waals surface area contributed by atoms with Crippen LogP contribution in [0.25, 0.3) is 22.3 Å². The SMILES string of the molecule is Cn1cc(-n2ccc(=O)c(COc3ccc4ncc(-n5cc([Si](C)(C)C)nn5)cc4c3)n2)cn1. The van der Waals surface area contributed by atoms with Gasteiger partial charge in [0.1, 0.15) is 31.8 Å². The summed E-state index contributed by atoms with van der Waals surface area (Å²) in [5, 5.41) is 19.1. The van der Waals surface area contributed by atoms with Crippen molar-refractivity contribution in [3.63, 3.8) is 0 Å². The average molecular weight is 473 g/mol. The van der Waals surface area contributed by atoms with Gasteiger partial charge in [0.25, 0.3) is 0 Å². The third-order valence-corrected chi connectivity index (χ3v) is 7.14. The second-order valence-corrected chi connectivity index (χ2v) is 14.1. The summed E-state index contributed by atoms with van der Waals surface area (Å²) in [7, 11) is 0.271. The molecule has 0 unspecified atom stereocenters. The van der Waals surface area contributed by atoms with Gasteiger partial charge in [-0.2, -0.15) is 10.2 Å². The van der Waals surface area contributed by atoms with Crippen molar-refractivity contribution in [1.82, 2.24) is 39.5 Å². The summed E-state index contributed by atoms with van der Waals surface area (Å²) in [6, 6.07) is 9.08. The van der Waals surface area contributed by atoms with E-state index in [1.807, 2.05) is 43.7 Å². The van der Waals surface area contributed by atoms with E-state index in [1.54, 1.807) is 32.6 Å². The molecule has 4 heterocycles. The van der Waals surface area contributed by atoms with E-state index in [0.29, 0.717) is 11.4 Å². The number of rotatable bonds is 6. The topological polar surface area (TPSA) is 106 Å². The Hall–Kier alpha value is -4.12. The third kappa shape index (κ3) is 4.37. The van der Waals surface area contributed by atoms with Gasteiger partial charge in [-0.1, -0.05) is 24.9 Å². The van der Waals surface area contributed by atoms with Crippen LogP contribution in [0.3, 0.4) is 0 Å². The van der Waals surface area contributed by atoms with Crippen LogP contribution in [-0.2, 0) is 13.7 Å². The Balaban J connectivity index is 1.38. The number of aromatic nitrogens is 8. The zero-order valence-electron chi connectivity index (χ0n) is 19.4. The molecule has 0 aliphatic heterocycles. The van der Waals surface area contributed by atoms with Crippen LogP contribution in [0, 0.1) is 0 Å². The van der Waals surface area contributed by atoms with Crippen molar-refractivity contribution < 1.29 is 4.74 Å². The molecule has 0 fully saturated rings. The number of fused-ring (bicyclic) bond motifs is 1. The molecular formula is C23H24N8O2Si. The van der Waals surface area contributed by atoms with E-state index in [9.17, 15) is 4.79 Å². The van der Waals surface area contributed by atoms with Crippen molar-refractivity contribution in [3.05, 3.63) is 77.2 Å². The molecule has 172 valence electrons. The van der Waals surface area contributed by atoms with Crippen molar-refractivity contribution in [2.75, 3.05) is 0 Å². The first kappa shape index (κ1) is 21.7. The van der Waals surface area contributed by atoms with Gasteiger partial charge in [0.05, 0.1) is 35.1 Å². The second kappa shape index (κ2) is 8.34. The van der Waals surface area contributed by atoms with Crippen molar-refractivity contribution in [2.45, 2.75) is 26.2 Å². The molecule has 1 aromatic carbocycles. The van der Waals surface area contributed by atoms with E-state index in [4.69, 9.17) is 4.74 Å². The molecule has 11 heteroatoms. The van der Waals surface area contributed by atoms with E-state index < -0.39 is 8.07 Å². The molecule has 5 rings (SSSR count). The fourth-order valence-electron chi connectivity index (χ4n) is 3.42. The summed E-state index contributed by atoms with van der Waals surface area (Å²) in [4.78, 5) is 16.9. The molecule has 0 aliphatic rings. The van der Waals surface area contributed by atoms with Crippen molar-refractivity contribution in [3.8, 4) is 17.1 Å². The van der Waals surface area contributed by atoms with Crippen LogP contribution >= 0.6 is 0 Å². The van der Waals surface area contributed by atoms with Crippen molar-refractivity contribution in [1.29, 1.82) is 0 Å². The molecule has 0 amide bonds. The number of aryl methyl sites for hydroxylation is 1. The molecular weight excluding hydrogens is 448 g/mol. The first-order chi connectivity index (χ1) is 16.3. The molecule has 0 bridgehead atoms. The normalized spacial score (nSPS) is 11.8. The molecule has 10 nitrogen and oxygen atoms in total. The van der Waals surface area contributed by atoms with Gasteiger partial charge in [-0.3, -0.25) is 14.5 Å². The van der Waals surface area contributed by atoms with E-state index in [-0.39, 0.29) is 12.0 Å². The Morgan fingerprint density at radius 1 is 1.00 bits per heavy atom. The predicted octanol–water partition coefficient (Wildman–Crippen LogP) is 2.22. The minimum Gasteiger partial charge on any atom is -0.487 e. The van der Waals surface area contributed by atoms with Gasteiger partial charge in [0.2, 0.25) is 5.43 Å². The third-order valence-electron chi connectivity index (χ3n) is 5.38. The van der Waals surface area contributed by atoms with Crippen LogP contribution in [0.2, 0.25) is 19.6 Å². The highest BCUT2D eigenvalue weighted by molar-refractivity contribution is 6.88. The van der Waals surface area contributed by atoms with Gasteiger partial charge >= 0.3 is 0 Å². The first-order valence-electron chi connectivity index (χ1n) is 10.8. The maximum absolute atomic E-state index is 12.3. The summed E-state index contributed by atoms with van der Waals surface area (Å²) in [6.45, 7) is 6.74. The van der Waals surface area contributed by atoms with Gasteiger partial charge in [0.15, 0.2) is 0 Å². The van der Waals surface area contributed by atoms with Gasteiger partial charge < -0.3 is 4.74 Å². The molecule has 4 aromatic heterocycles. The molecule has 0 saturated heterocycles. The monoisotopic (exact) mass is 472 g/mol. The van der Waals surface area contributed by atoms with E-state index >= 15 is 0 Å². The zero-order chi connectivity index (χ0) is 23.9. The lowest BCUT2D eigenvalue weighted by Crippen LogP contribution is -2.38. The number of benzene rings is 1. The highest BCUT2D eigenvalue weighted by Crippen LogP contribution is 2.22. The summed E-state index contributed by atoms with van der Waals surface area (Å²) < 4.78 is 11.0. The first-order valence-corrected chi connectivity index (χ1v) is 14.3. The molecule has 34 heavy (non-hydrogen) atoms. The Morgan fingerprint density at radius 3 is 2.59 bits per heavy atom. The maximum Gasteiger partial charge on any atom is 0.206 e. The van der Waals surface area contributed by atoms with Crippen LogP contribution < -0.4 is 15.5 Å². The molecule has 0 aliphatic carbocycles. The lowest BCUT2D eigenvalue weighted by molar-refractivity contribution is 0.298. The van der Waals surface area contributed by atoms with Crippen molar-refractivity contribution in [2.24, 2.45) is 7.05 Å². The van der Waals surface area contributed by atoms with E-state index in [0.717, 1.165) is 27.6 Å². The molecule has 5 aromatic rings. The van der Waals surface area contributed by atoms with Gasteiger partial charge in [0, 0.05) is 30.9 Å². The Morgan fingerprint density at radius 2 is 1.85 bits per heavy atom. The number of nitrogens with zero attached hydrogens (tertiary/aromatic N) is 8. The number of hydrogen-bond acceptors (Lipinski definition) is 7. The van der Waals surface area contributed by atoms with Gasteiger partial charge in [-0.05, 0) is 24.3 Å². The lowest BCUT2D eigenvalue weighted by atomic mass is 10.2. The van der Waals surface area contributed by atoms with E-state index in [2.05, 4.69) is 45.1 Å². The number of ether oxygens (including phenoxy) is 1. The van der Waals surface area contributed by atoms with Crippen LogP contribution in [0.1, 0.15) is 5.69 Å². The predicted molar refractivity (Wildman–Crippen MR) is 131 cm³/mol. The number of pyridine rings is 1. The minimum absolute atomic E-state index is 0.0429. The molecule has 0 saturated carbocycles. The Labute approximate surface area is 196 Å². The number of hydrogen-bond donors (Lipinski definition) is 0. The molecule has 0 radical (unpaired) electrons. The summed E-state index contributed by atoms with van der Waals surface area (Å²) in [6.07, 6.45) is 8.86. The maximum atomic E-state index is 12.3. The van der Waals surface area contributed by atoms with Crippen LogP contribution in [0.15, 0.2) is 66.1 Å². The van der Waals surface area contributed by atoms with Crippen LogP contribution in [-0.4, -0.2) is 47.6 Å². The standard InChI is InChI=1S/C23H24N8O2Si/c1-29-13-18(12-25-29)30-8-7-22(32)21(27-30)15-33-19-5-6-20-16(10-19)9-17(11-24-20)31-14-23(26-28-31)34(2,3)4/h5-14H,15H2,1-4H3. The summed E-state index contributed by atoms with van der Waals surface area (Å²) >= 11 is 0. The van der Waals surface area contributed by atoms with Crippen molar-refractivity contribution >= 4 is 24.3 Å². The van der Waals surface area contributed by atoms with Crippen LogP contribution in [0.4, 0.5) is 0 Å². The lowest BCUT2D eigenvalue weighted by Gasteiger charge is -2.10. The summed E-state index contributed by atoms with van der Waals surface area (Å²) in [5.74, 6) is 0.616.